The van der Waals surface area contributed by atoms with Gasteiger partial charge in [0.15, 0.2) is 0 Å². The van der Waals surface area contributed by atoms with E-state index >= 15 is 0 Å². The van der Waals surface area contributed by atoms with Crippen LogP contribution in [0.1, 0.15) is 36.5 Å². The molecule has 2 aliphatic rings. The summed E-state index contributed by atoms with van der Waals surface area (Å²) in [7, 11) is -3.48. The topological polar surface area (TPSA) is 74.8 Å². The average molecular weight is 397 g/mol. The van der Waals surface area contributed by atoms with Gasteiger partial charge >= 0.3 is 0 Å². The zero-order valence-electron chi connectivity index (χ0n) is 14.7. The van der Waals surface area contributed by atoms with E-state index in [0.717, 1.165) is 17.1 Å². The zero-order chi connectivity index (χ0) is 18.6. The van der Waals surface area contributed by atoms with Gasteiger partial charge in [-0.1, -0.05) is 30.3 Å². The Labute approximate surface area is 159 Å². The molecule has 0 aliphatic carbocycles. The second-order valence-corrected chi connectivity index (χ2v) is 9.97. The summed E-state index contributed by atoms with van der Waals surface area (Å²) < 4.78 is 26.9. The lowest BCUT2D eigenvalue weighted by molar-refractivity contribution is -0.147. The minimum atomic E-state index is -3.48. The van der Waals surface area contributed by atoms with Crippen LogP contribution in [0.2, 0.25) is 0 Å². The molecule has 2 saturated heterocycles. The molecule has 0 aromatic heterocycles. The Hall–Kier alpha value is -1.38. The Bertz CT molecular complexity index is 736. The lowest BCUT2D eigenvalue weighted by Crippen LogP contribution is -2.45. The summed E-state index contributed by atoms with van der Waals surface area (Å²) in [6.45, 7) is 0.904. The number of imide groups is 1. The molecule has 1 aromatic rings. The Kier molecular flexibility index (Phi) is 6.37. The molecule has 6 nitrogen and oxygen atoms in total. The second kappa shape index (κ2) is 8.54. The Morgan fingerprint density at radius 3 is 2.42 bits per heavy atom. The van der Waals surface area contributed by atoms with E-state index in [1.165, 1.54) is 9.87 Å². The molecule has 2 amide bonds. The van der Waals surface area contributed by atoms with Crippen molar-refractivity contribution in [2.45, 2.75) is 30.9 Å². The van der Waals surface area contributed by atoms with Gasteiger partial charge in [0.05, 0.1) is 5.75 Å². The molecule has 0 radical (unpaired) electrons. The number of thioether (sulfide) groups is 1. The molecule has 2 fully saturated rings. The molecule has 2 aliphatic heterocycles. The maximum Gasteiger partial charge on any atom is 0.229 e. The number of rotatable bonds is 5. The molecule has 1 unspecified atom stereocenters. The monoisotopic (exact) mass is 396 g/mol. The van der Waals surface area contributed by atoms with Crippen LogP contribution in [-0.2, 0) is 19.6 Å². The number of carbonyl (C=O) groups excluding carboxylic acids is 2. The van der Waals surface area contributed by atoms with Crippen molar-refractivity contribution in [2.75, 3.05) is 31.1 Å². The highest BCUT2D eigenvalue weighted by molar-refractivity contribution is 7.99. The number of nitrogens with zero attached hydrogens (tertiary/aromatic N) is 2. The normalized spacial score (nSPS) is 23.1. The van der Waals surface area contributed by atoms with Crippen LogP contribution < -0.4 is 0 Å². The molecule has 0 N–H and O–H groups in total. The minimum Gasteiger partial charge on any atom is -0.282 e. The van der Waals surface area contributed by atoms with E-state index in [-0.39, 0.29) is 24.1 Å². The number of piperidine rings is 1. The summed E-state index contributed by atoms with van der Waals surface area (Å²) in [5, 5.41) is 0.293. The number of carbonyl (C=O) groups is 2. The first-order valence-corrected chi connectivity index (χ1v) is 11.6. The standard InChI is InChI=1S/C18H24N2O4S2/c21-17-7-4-8-18(22)20(17)12-14-26(23,24)19-10-9-16(25-13-11-19)15-5-2-1-3-6-15/h1-3,5-6,16H,4,7-14H2. The van der Waals surface area contributed by atoms with Crippen LogP contribution in [-0.4, -0.2) is 60.6 Å². The molecule has 0 bridgehead atoms. The molecule has 3 rings (SSSR count). The van der Waals surface area contributed by atoms with Crippen LogP contribution >= 0.6 is 11.8 Å². The smallest absolute Gasteiger partial charge is 0.229 e. The van der Waals surface area contributed by atoms with E-state index in [1.54, 1.807) is 11.8 Å². The summed E-state index contributed by atoms with van der Waals surface area (Å²) in [6.07, 6.45) is 1.97. The number of sulfonamides is 1. The summed E-state index contributed by atoms with van der Waals surface area (Å²) in [5.41, 5.74) is 1.22. The number of likely N-dealkylation sites (tertiary alicyclic amines) is 1. The molecule has 142 valence electrons. The van der Waals surface area contributed by atoms with Gasteiger partial charge in [0.2, 0.25) is 21.8 Å². The Morgan fingerprint density at radius 1 is 1.04 bits per heavy atom. The average Bonchev–Trinajstić information content (AvgIpc) is 2.89. The van der Waals surface area contributed by atoms with Crippen molar-refractivity contribution >= 4 is 33.6 Å². The van der Waals surface area contributed by atoms with Gasteiger partial charge in [-0.3, -0.25) is 14.5 Å². The molecule has 1 aromatic carbocycles. The molecular formula is C18H24N2O4S2. The minimum absolute atomic E-state index is 0.0360. The molecule has 0 saturated carbocycles. The SMILES string of the molecule is O=C1CCCC(=O)N1CCS(=O)(=O)N1CCSC(c2ccccc2)CC1. The van der Waals surface area contributed by atoms with Crippen LogP contribution in [0.25, 0.3) is 0 Å². The van der Waals surface area contributed by atoms with Gasteiger partial charge in [-0.15, -0.1) is 0 Å². The van der Waals surface area contributed by atoms with E-state index in [0.29, 0.717) is 37.6 Å². The van der Waals surface area contributed by atoms with Crippen LogP contribution in [0.4, 0.5) is 0 Å². The third-order valence-electron chi connectivity index (χ3n) is 4.82. The molecule has 1 atom stereocenters. The first-order chi connectivity index (χ1) is 12.5. The van der Waals surface area contributed by atoms with Crippen LogP contribution in [0, 0.1) is 0 Å². The van der Waals surface area contributed by atoms with Gasteiger partial charge in [0.25, 0.3) is 0 Å². The van der Waals surface area contributed by atoms with Gasteiger partial charge in [-0.25, -0.2) is 12.7 Å². The van der Waals surface area contributed by atoms with Gasteiger partial charge in [-0.2, -0.15) is 11.8 Å². The summed E-state index contributed by atoms with van der Waals surface area (Å²) in [6, 6.07) is 10.1. The van der Waals surface area contributed by atoms with E-state index in [9.17, 15) is 18.0 Å². The number of amides is 2. The van der Waals surface area contributed by atoms with Crippen molar-refractivity contribution in [3.63, 3.8) is 0 Å². The predicted molar refractivity (Wildman–Crippen MR) is 102 cm³/mol. The summed E-state index contributed by atoms with van der Waals surface area (Å²) in [5.74, 6) is 0.0323. The highest BCUT2D eigenvalue weighted by atomic mass is 32.2. The third kappa shape index (κ3) is 4.66. The van der Waals surface area contributed by atoms with E-state index in [4.69, 9.17) is 0 Å². The fourth-order valence-electron chi connectivity index (χ4n) is 3.35. The summed E-state index contributed by atoms with van der Waals surface area (Å²) in [4.78, 5) is 24.8. The van der Waals surface area contributed by atoms with Gasteiger partial charge < -0.3 is 0 Å². The van der Waals surface area contributed by atoms with E-state index in [1.807, 2.05) is 18.2 Å². The van der Waals surface area contributed by atoms with Crippen molar-refractivity contribution in [3.8, 4) is 0 Å². The fourth-order valence-corrected chi connectivity index (χ4v) is 6.12. The molecule has 0 spiro atoms. The van der Waals surface area contributed by atoms with Crippen molar-refractivity contribution in [1.82, 2.24) is 9.21 Å². The van der Waals surface area contributed by atoms with Gasteiger partial charge in [0, 0.05) is 43.5 Å². The zero-order valence-corrected chi connectivity index (χ0v) is 16.3. The predicted octanol–water partition coefficient (Wildman–Crippen LogP) is 2.04. The number of benzene rings is 1. The highest BCUT2D eigenvalue weighted by Gasteiger charge is 2.30. The largest absolute Gasteiger partial charge is 0.282 e. The first-order valence-electron chi connectivity index (χ1n) is 8.95. The van der Waals surface area contributed by atoms with Gasteiger partial charge in [0.1, 0.15) is 0 Å². The summed E-state index contributed by atoms with van der Waals surface area (Å²) >= 11 is 1.78. The third-order valence-corrected chi connectivity index (χ3v) is 8.00. The van der Waals surface area contributed by atoms with Crippen molar-refractivity contribution in [2.24, 2.45) is 0 Å². The molecular weight excluding hydrogens is 372 g/mol. The fraction of sp³-hybridized carbons (Fsp3) is 0.556. The van der Waals surface area contributed by atoms with Crippen molar-refractivity contribution < 1.29 is 18.0 Å². The van der Waals surface area contributed by atoms with E-state index in [2.05, 4.69) is 12.1 Å². The quantitative estimate of drug-likeness (QED) is 0.712. The Balaban J connectivity index is 1.59. The maximum absolute atomic E-state index is 12.7. The lowest BCUT2D eigenvalue weighted by atomic mass is 10.1. The van der Waals surface area contributed by atoms with Crippen LogP contribution in [0.5, 0.6) is 0 Å². The number of hydrogen-bond acceptors (Lipinski definition) is 5. The number of hydrogen-bond donors (Lipinski definition) is 0. The molecule has 26 heavy (non-hydrogen) atoms. The second-order valence-electron chi connectivity index (χ2n) is 6.57. The van der Waals surface area contributed by atoms with Crippen LogP contribution in [0.3, 0.4) is 0 Å². The van der Waals surface area contributed by atoms with E-state index < -0.39 is 10.0 Å². The maximum atomic E-state index is 12.7. The van der Waals surface area contributed by atoms with Gasteiger partial charge in [-0.05, 0) is 18.4 Å². The van der Waals surface area contributed by atoms with Crippen LogP contribution in [0.15, 0.2) is 30.3 Å². The van der Waals surface area contributed by atoms with Crippen molar-refractivity contribution in [3.05, 3.63) is 35.9 Å². The first kappa shape index (κ1) is 19.4. The Morgan fingerprint density at radius 2 is 1.73 bits per heavy atom. The lowest BCUT2D eigenvalue weighted by Gasteiger charge is -2.26. The molecule has 8 heteroatoms. The van der Waals surface area contributed by atoms with Crippen molar-refractivity contribution in [1.29, 1.82) is 0 Å². The highest BCUT2D eigenvalue weighted by Crippen LogP contribution is 2.34. The molecule has 2 heterocycles.